The number of ether oxygens (including phenoxy) is 1. The van der Waals surface area contributed by atoms with E-state index in [1.807, 2.05) is 32.1 Å². The van der Waals surface area contributed by atoms with E-state index in [4.69, 9.17) is 14.9 Å². The molecule has 0 aromatic carbocycles. The lowest BCUT2D eigenvalue weighted by atomic mass is 9.72. The Balaban J connectivity index is 0.000000375. The van der Waals surface area contributed by atoms with Crippen LogP contribution in [0.2, 0.25) is 0 Å². The quantitative estimate of drug-likeness (QED) is 0.109. The first-order valence-electron chi connectivity index (χ1n) is 24.3. The number of aliphatic hydroxyl groups is 1. The zero-order valence-corrected chi connectivity index (χ0v) is 43.0. The molecule has 2 fully saturated rings. The fourth-order valence-electron chi connectivity index (χ4n) is 8.53. The number of carbonyl (C=O) groups is 2. The van der Waals surface area contributed by atoms with Crippen LogP contribution in [0.4, 0.5) is 0 Å². The van der Waals surface area contributed by atoms with E-state index in [1.165, 1.54) is 72.0 Å². The number of esters is 1. The van der Waals surface area contributed by atoms with Crippen LogP contribution in [0.1, 0.15) is 121 Å². The summed E-state index contributed by atoms with van der Waals surface area (Å²) in [6.45, 7) is 32.5. The summed E-state index contributed by atoms with van der Waals surface area (Å²) in [6, 6.07) is 0. The smallest absolute Gasteiger partial charge is 0.307 e. The van der Waals surface area contributed by atoms with Gasteiger partial charge in [0.1, 0.15) is 6.61 Å². The molecule has 65 heavy (non-hydrogen) atoms. The van der Waals surface area contributed by atoms with Crippen molar-refractivity contribution in [3.05, 3.63) is 117 Å². The van der Waals surface area contributed by atoms with E-state index in [0.717, 1.165) is 70.0 Å². The minimum Gasteiger partial charge on any atom is -0.481 e. The maximum absolute atomic E-state index is 12.0. The summed E-state index contributed by atoms with van der Waals surface area (Å²) in [5.74, 6) is -0.818. The molecule has 0 aromatic heterocycles. The van der Waals surface area contributed by atoms with Crippen LogP contribution in [0, 0.1) is 10.8 Å². The van der Waals surface area contributed by atoms with Gasteiger partial charge < -0.3 is 34.5 Å². The monoisotopic (exact) mass is 899 g/mol. The Kier molecular flexibility index (Phi) is 26.8. The normalized spacial score (nSPS) is 21.3. The molecular weight excluding hydrogens is 809 g/mol. The first kappa shape index (κ1) is 57.3. The number of hydrogen-bond donors (Lipinski definition) is 2. The minimum absolute atomic E-state index is 0.0985. The van der Waals surface area contributed by atoms with Crippen molar-refractivity contribution in [2.45, 2.75) is 121 Å². The van der Waals surface area contributed by atoms with Crippen LogP contribution in [-0.4, -0.2) is 135 Å². The molecule has 4 rings (SSSR count). The second kappa shape index (κ2) is 30.4. The Hall–Kier alpha value is -3.86. The van der Waals surface area contributed by atoms with Crippen LogP contribution in [0.3, 0.4) is 0 Å². The summed E-state index contributed by atoms with van der Waals surface area (Å²) in [4.78, 5) is 31.4. The van der Waals surface area contributed by atoms with Crippen molar-refractivity contribution >= 4 is 11.9 Å². The van der Waals surface area contributed by atoms with Gasteiger partial charge in [-0.05, 0) is 122 Å². The highest BCUT2D eigenvalue weighted by atomic mass is 16.5. The van der Waals surface area contributed by atoms with Gasteiger partial charge in [-0.3, -0.25) is 9.59 Å². The number of aliphatic carboxylic acids is 1. The lowest BCUT2D eigenvalue weighted by molar-refractivity contribution is -0.143. The number of allylic oxidation sites excluding steroid dienone is 18. The van der Waals surface area contributed by atoms with Crippen LogP contribution < -0.4 is 0 Å². The zero-order chi connectivity index (χ0) is 48.4. The number of aliphatic hydroxyl groups excluding tert-OH is 1. The fourth-order valence-corrected chi connectivity index (χ4v) is 8.53. The maximum atomic E-state index is 12.0. The molecule has 0 radical (unpaired) electrons. The molecule has 4 aliphatic rings. The highest BCUT2D eigenvalue weighted by Crippen LogP contribution is 2.41. The van der Waals surface area contributed by atoms with Gasteiger partial charge in [-0.2, -0.15) is 0 Å². The third-order valence-electron chi connectivity index (χ3n) is 13.1. The molecular formula is C56H90N4O5. The number of carbonyl (C=O) groups excluding carboxylic acids is 1. The molecule has 0 saturated carbocycles. The molecule has 0 atom stereocenters. The van der Waals surface area contributed by atoms with Crippen LogP contribution in [0.25, 0.3) is 0 Å². The van der Waals surface area contributed by atoms with Crippen molar-refractivity contribution in [3.63, 3.8) is 0 Å². The van der Waals surface area contributed by atoms with Gasteiger partial charge in [0.25, 0.3) is 0 Å². The molecule has 2 aliphatic carbocycles. The number of carboxylic acids is 1. The molecule has 364 valence electrons. The molecule has 9 heteroatoms. The minimum atomic E-state index is -0.700. The molecule has 0 unspecified atom stereocenters. The number of rotatable bonds is 17. The van der Waals surface area contributed by atoms with E-state index in [2.05, 4.69) is 138 Å². The van der Waals surface area contributed by atoms with Gasteiger partial charge >= 0.3 is 11.9 Å². The third-order valence-corrected chi connectivity index (χ3v) is 13.1. The van der Waals surface area contributed by atoms with Crippen molar-refractivity contribution in [2.24, 2.45) is 10.8 Å². The van der Waals surface area contributed by atoms with Crippen LogP contribution in [0.5, 0.6) is 0 Å². The Bertz CT molecular complexity index is 1800. The highest BCUT2D eigenvalue weighted by molar-refractivity contribution is 5.69. The maximum Gasteiger partial charge on any atom is 0.307 e. The van der Waals surface area contributed by atoms with Crippen LogP contribution in [-0.2, 0) is 14.3 Å². The SMILES string of the molecule is CC1=C(/C=C/C(C)=C/C=C/C(C)=C/CO)C(C)(C)CCC1.CC1=C(/C=C/C(C)=C/C=C/C(C)=C/COC(=O)CCN2CCN(C)CC2)C(C)(C)CCC1.CN1CCN(CCC(=O)O)CC1. The summed E-state index contributed by atoms with van der Waals surface area (Å²) in [7, 11) is 4.23. The van der Waals surface area contributed by atoms with Gasteiger partial charge in [0.2, 0.25) is 0 Å². The van der Waals surface area contributed by atoms with Crippen molar-refractivity contribution in [1.29, 1.82) is 0 Å². The molecule has 2 aliphatic heterocycles. The van der Waals surface area contributed by atoms with Crippen molar-refractivity contribution < 1.29 is 24.5 Å². The Morgan fingerprint density at radius 2 is 1.03 bits per heavy atom. The van der Waals surface area contributed by atoms with E-state index in [-0.39, 0.29) is 24.4 Å². The van der Waals surface area contributed by atoms with Gasteiger partial charge in [-0.25, -0.2) is 0 Å². The molecule has 0 bridgehead atoms. The van der Waals surface area contributed by atoms with Gasteiger partial charge in [0, 0.05) is 65.4 Å². The molecule has 0 aromatic rings. The third kappa shape index (κ3) is 24.5. The second-order valence-electron chi connectivity index (χ2n) is 20.0. The first-order chi connectivity index (χ1) is 30.7. The van der Waals surface area contributed by atoms with Crippen LogP contribution in [0.15, 0.2) is 117 Å². The molecule has 9 nitrogen and oxygen atoms in total. The van der Waals surface area contributed by atoms with Crippen molar-refractivity contribution in [3.8, 4) is 0 Å². The molecule has 0 amide bonds. The van der Waals surface area contributed by atoms with E-state index >= 15 is 0 Å². The number of likely N-dealkylation sites (N-methyl/N-ethyl adjacent to an activating group) is 2. The van der Waals surface area contributed by atoms with E-state index < -0.39 is 5.97 Å². The Labute approximate surface area is 396 Å². The highest BCUT2D eigenvalue weighted by Gasteiger charge is 2.27. The summed E-state index contributed by atoms with van der Waals surface area (Å²) in [6.07, 6.45) is 33.5. The topological polar surface area (TPSA) is 96.8 Å². The van der Waals surface area contributed by atoms with Gasteiger partial charge in [-0.1, -0.05) is 128 Å². The number of nitrogens with zero attached hydrogens (tertiary/aromatic N) is 4. The number of piperazine rings is 2. The lowest BCUT2D eigenvalue weighted by Gasteiger charge is -2.33. The Morgan fingerprint density at radius 1 is 0.615 bits per heavy atom. The molecule has 2 saturated heterocycles. The predicted molar refractivity (Wildman–Crippen MR) is 275 cm³/mol. The summed E-state index contributed by atoms with van der Waals surface area (Å²) >= 11 is 0. The average molecular weight is 899 g/mol. The predicted octanol–water partition coefficient (Wildman–Crippen LogP) is 10.9. The molecule has 2 heterocycles. The summed E-state index contributed by atoms with van der Waals surface area (Å²) in [5.41, 5.74) is 11.3. The second-order valence-corrected chi connectivity index (χ2v) is 20.0. The van der Waals surface area contributed by atoms with Gasteiger partial charge in [0.05, 0.1) is 19.4 Å². The number of hydrogen-bond acceptors (Lipinski definition) is 8. The largest absolute Gasteiger partial charge is 0.481 e. The van der Waals surface area contributed by atoms with Crippen molar-refractivity contribution in [1.82, 2.24) is 19.6 Å². The molecule has 2 N–H and O–H groups in total. The zero-order valence-electron chi connectivity index (χ0n) is 43.0. The van der Waals surface area contributed by atoms with Crippen molar-refractivity contribution in [2.75, 3.05) is 92.8 Å². The first-order valence-corrected chi connectivity index (χ1v) is 24.3. The van der Waals surface area contributed by atoms with E-state index in [0.29, 0.717) is 25.0 Å². The van der Waals surface area contributed by atoms with E-state index in [1.54, 1.807) is 6.08 Å². The van der Waals surface area contributed by atoms with Crippen LogP contribution >= 0.6 is 0 Å². The standard InChI is InChI=1S/C28H44N2O2.C20H30O.C8H16N2O2/c1-23(12-13-26-25(3)11-8-16-28(26,4)5)9-7-10-24(2)15-22-32-27(31)14-17-30-20-18-29(6)19-21-30;1-16(8-6-9-17(2)13-15-21)11-12-19-18(3)10-7-14-20(19,4)5;1-9-4-6-10(7-5-9)3-2-8(11)12/h7,9-10,12-13,15H,8,11,14,16-22H2,1-6H3;6,8-9,11-13,21H,7,10,14-15H2,1-5H3;2-7H2,1H3,(H,11,12)/b10-7+,13-12+,23-9+,24-15+;9-6+,12-11+,16-8+,17-13+;. The lowest BCUT2D eigenvalue weighted by Crippen LogP contribution is -2.45. The summed E-state index contributed by atoms with van der Waals surface area (Å²) < 4.78 is 5.37. The fraction of sp³-hybridized carbons (Fsp3) is 0.607. The van der Waals surface area contributed by atoms with E-state index in [9.17, 15) is 9.59 Å². The van der Waals surface area contributed by atoms with Gasteiger partial charge in [0.15, 0.2) is 0 Å². The number of carboxylic acid groups (broad SMARTS) is 1. The average Bonchev–Trinajstić information content (AvgIpc) is 3.23. The van der Waals surface area contributed by atoms with Gasteiger partial charge in [-0.15, -0.1) is 0 Å². The molecule has 0 spiro atoms. The summed E-state index contributed by atoms with van der Waals surface area (Å²) in [5, 5.41) is 17.3. The Morgan fingerprint density at radius 3 is 1.43 bits per heavy atom.